The Morgan fingerprint density at radius 1 is 1.33 bits per heavy atom. The fourth-order valence-corrected chi connectivity index (χ4v) is 1.23. The lowest BCUT2D eigenvalue weighted by molar-refractivity contribution is -0.121. The van der Waals surface area contributed by atoms with Gasteiger partial charge in [0.15, 0.2) is 0 Å². The summed E-state index contributed by atoms with van der Waals surface area (Å²) in [6, 6.07) is 7.18. The predicted molar refractivity (Wildman–Crippen MR) is 58.6 cm³/mol. The van der Waals surface area contributed by atoms with Crippen LogP contribution in [0.5, 0.6) is 0 Å². The van der Waals surface area contributed by atoms with Gasteiger partial charge in [0.05, 0.1) is 0 Å². The lowest BCUT2D eigenvalue weighted by Crippen LogP contribution is -2.21. The molecule has 0 saturated heterocycles. The smallest absolute Gasteiger partial charge is 0.220 e. The van der Waals surface area contributed by atoms with Crippen molar-refractivity contribution < 1.29 is 9.59 Å². The Kier molecular flexibility index (Phi) is 4.54. The first-order valence-electron chi connectivity index (χ1n) is 5.07. The highest BCUT2D eigenvalue weighted by Crippen LogP contribution is 2.02. The fraction of sp³-hybridized carbons (Fsp3) is 0.333. The van der Waals surface area contributed by atoms with Gasteiger partial charge in [-0.15, -0.1) is 0 Å². The molecule has 0 atom stereocenters. The van der Waals surface area contributed by atoms with Crippen molar-refractivity contribution in [2.45, 2.75) is 26.3 Å². The molecule has 15 heavy (non-hydrogen) atoms. The molecule has 0 aliphatic heterocycles. The SMILES string of the molecule is CCCC(=O)NCc1ccc(C=O)cc1. The monoisotopic (exact) mass is 205 g/mol. The summed E-state index contributed by atoms with van der Waals surface area (Å²) in [7, 11) is 0. The largest absolute Gasteiger partial charge is 0.352 e. The molecular weight excluding hydrogens is 190 g/mol. The molecule has 3 heteroatoms. The molecule has 0 bridgehead atoms. The summed E-state index contributed by atoms with van der Waals surface area (Å²) in [6.45, 7) is 2.50. The van der Waals surface area contributed by atoms with E-state index in [4.69, 9.17) is 0 Å². The van der Waals surface area contributed by atoms with Crippen molar-refractivity contribution in [3.05, 3.63) is 35.4 Å². The normalized spacial score (nSPS) is 9.67. The third-order valence-corrected chi connectivity index (χ3v) is 2.08. The first kappa shape index (κ1) is 11.4. The van der Waals surface area contributed by atoms with Crippen LogP contribution in [0.2, 0.25) is 0 Å². The fourth-order valence-electron chi connectivity index (χ4n) is 1.23. The number of amides is 1. The van der Waals surface area contributed by atoms with Gasteiger partial charge in [-0.1, -0.05) is 31.2 Å². The highest BCUT2D eigenvalue weighted by atomic mass is 16.1. The zero-order chi connectivity index (χ0) is 11.1. The van der Waals surface area contributed by atoms with E-state index in [2.05, 4.69) is 5.32 Å². The molecule has 80 valence electrons. The van der Waals surface area contributed by atoms with Crippen molar-refractivity contribution in [2.24, 2.45) is 0 Å². The first-order chi connectivity index (χ1) is 7.26. The molecule has 0 aliphatic rings. The Hall–Kier alpha value is -1.64. The van der Waals surface area contributed by atoms with E-state index < -0.39 is 0 Å². The number of hydrogen-bond donors (Lipinski definition) is 1. The molecule has 1 rings (SSSR count). The molecule has 1 N–H and O–H groups in total. The van der Waals surface area contributed by atoms with Crippen molar-refractivity contribution >= 4 is 12.2 Å². The van der Waals surface area contributed by atoms with Gasteiger partial charge in [-0.25, -0.2) is 0 Å². The topological polar surface area (TPSA) is 46.2 Å². The van der Waals surface area contributed by atoms with Gasteiger partial charge >= 0.3 is 0 Å². The van der Waals surface area contributed by atoms with Gasteiger partial charge in [0.2, 0.25) is 5.91 Å². The molecule has 1 aromatic rings. The van der Waals surface area contributed by atoms with E-state index in [0.717, 1.165) is 18.3 Å². The standard InChI is InChI=1S/C12H15NO2/c1-2-3-12(15)13-8-10-4-6-11(9-14)7-5-10/h4-7,9H,2-3,8H2,1H3,(H,13,15). The summed E-state index contributed by atoms with van der Waals surface area (Å²) in [4.78, 5) is 21.6. The van der Waals surface area contributed by atoms with Crippen molar-refractivity contribution in [3.8, 4) is 0 Å². The van der Waals surface area contributed by atoms with Crippen LogP contribution in [-0.2, 0) is 11.3 Å². The van der Waals surface area contributed by atoms with Crippen LogP contribution in [0.1, 0.15) is 35.7 Å². The zero-order valence-corrected chi connectivity index (χ0v) is 8.82. The molecule has 0 aliphatic carbocycles. The van der Waals surface area contributed by atoms with Crippen molar-refractivity contribution in [1.29, 1.82) is 0 Å². The molecule has 0 saturated carbocycles. The Morgan fingerprint density at radius 2 is 2.00 bits per heavy atom. The maximum Gasteiger partial charge on any atom is 0.220 e. The van der Waals surface area contributed by atoms with Gasteiger partial charge < -0.3 is 5.32 Å². The molecule has 0 spiro atoms. The van der Waals surface area contributed by atoms with Gasteiger partial charge in [-0.05, 0) is 12.0 Å². The van der Waals surface area contributed by atoms with Crippen molar-refractivity contribution in [1.82, 2.24) is 5.32 Å². The summed E-state index contributed by atoms with van der Waals surface area (Å²) in [6.07, 6.45) is 2.22. The molecule has 0 heterocycles. The van der Waals surface area contributed by atoms with Crippen LogP contribution in [0, 0.1) is 0 Å². The first-order valence-corrected chi connectivity index (χ1v) is 5.07. The second-order valence-corrected chi connectivity index (χ2v) is 3.39. The molecule has 0 unspecified atom stereocenters. The third-order valence-electron chi connectivity index (χ3n) is 2.08. The van der Waals surface area contributed by atoms with Crippen LogP contribution in [0.25, 0.3) is 0 Å². The van der Waals surface area contributed by atoms with E-state index in [1.54, 1.807) is 12.1 Å². The lowest BCUT2D eigenvalue weighted by Gasteiger charge is -2.04. The number of carbonyl (C=O) groups is 2. The quantitative estimate of drug-likeness (QED) is 0.746. The molecule has 1 aromatic carbocycles. The van der Waals surface area contributed by atoms with Gasteiger partial charge in [-0.3, -0.25) is 9.59 Å². The number of nitrogens with one attached hydrogen (secondary N) is 1. The number of aldehydes is 1. The maximum atomic E-state index is 11.2. The van der Waals surface area contributed by atoms with Crippen LogP contribution < -0.4 is 5.32 Å². The summed E-state index contributed by atoms with van der Waals surface area (Å²) >= 11 is 0. The van der Waals surface area contributed by atoms with Crippen LogP contribution in [-0.4, -0.2) is 12.2 Å². The third kappa shape index (κ3) is 3.94. The van der Waals surface area contributed by atoms with E-state index in [1.807, 2.05) is 19.1 Å². The molecule has 0 fully saturated rings. The Bertz CT molecular complexity index is 330. The average molecular weight is 205 g/mol. The number of benzene rings is 1. The van der Waals surface area contributed by atoms with E-state index in [1.165, 1.54) is 0 Å². The number of carbonyl (C=O) groups excluding carboxylic acids is 2. The Morgan fingerprint density at radius 3 is 2.53 bits per heavy atom. The van der Waals surface area contributed by atoms with Crippen LogP contribution in [0.3, 0.4) is 0 Å². The molecule has 1 amide bonds. The minimum absolute atomic E-state index is 0.0666. The van der Waals surface area contributed by atoms with Gasteiger partial charge in [0.25, 0.3) is 0 Å². The second-order valence-electron chi connectivity index (χ2n) is 3.39. The number of rotatable bonds is 5. The minimum atomic E-state index is 0.0666. The molecule has 0 aromatic heterocycles. The van der Waals surface area contributed by atoms with Crippen LogP contribution in [0.4, 0.5) is 0 Å². The second kappa shape index (κ2) is 5.96. The minimum Gasteiger partial charge on any atom is -0.352 e. The lowest BCUT2D eigenvalue weighted by atomic mass is 10.1. The van der Waals surface area contributed by atoms with Gasteiger partial charge in [0, 0.05) is 18.5 Å². The maximum absolute atomic E-state index is 11.2. The van der Waals surface area contributed by atoms with Crippen molar-refractivity contribution in [2.75, 3.05) is 0 Å². The Balaban J connectivity index is 2.44. The van der Waals surface area contributed by atoms with Gasteiger partial charge in [0.1, 0.15) is 6.29 Å². The highest BCUT2D eigenvalue weighted by Gasteiger charge is 1.99. The average Bonchev–Trinajstić information content (AvgIpc) is 2.27. The Labute approximate surface area is 89.5 Å². The summed E-state index contributed by atoms with van der Waals surface area (Å²) in [5, 5.41) is 2.81. The van der Waals surface area contributed by atoms with E-state index in [0.29, 0.717) is 18.5 Å². The van der Waals surface area contributed by atoms with Gasteiger partial charge in [-0.2, -0.15) is 0 Å². The van der Waals surface area contributed by atoms with E-state index in [9.17, 15) is 9.59 Å². The summed E-state index contributed by atoms with van der Waals surface area (Å²) in [5.74, 6) is 0.0666. The molecular formula is C12H15NO2. The summed E-state index contributed by atoms with van der Waals surface area (Å²) < 4.78 is 0. The predicted octanol–water partition coefficient (Wildman–Crippen LogP) is 1.92. The molecule has 0 radical (unpaired) electrons. The zero-order valence-electron chi connectivity index (χ0n) is 8.82. The van der Waals surface area contributed by atoms with Crippen LogP contribution >= 0.6 is 0 Å². The molecule has 3 nitrogen and oxygen atoms in total. The van der Waals surface area contributed by atoms with Crippen molar-refractivity contribution in [3.63, 3.8) is 0 Å². The van der Waals surface area contributed by atoms with E-state index >= 15 is 0 Å². The van der Waals surface area contributed by atoms with Crippen LogP contribution in [0.15, 0.2) is 24.3 Å². The number of hydrogen-bond acceptors (Lipinski definition) is 2. The highest BCUT2D eigenvalue weighted by molar-refractivity contribution is 5.76. The van der Waals surface area contributed by atoms with E-state index in [-0.39, 0.29) is 5.91 Å². The summed E-state index contributed by atoms with van der Waals surface area (Å²) in [5.41, 5.74) is 1.66.